The third-order valence-electron chi connectivity index (χ3n) is 14.9. The van der Waals surface area contributed by atoms with Crippen LogP contribution in [0.4, 0.5) is 0 Å². The Morgan fingerprint density at radius 3 is 1.07 bits per heavy atom. The Morgan fingerprint density at radius 2 is 0.514 bits per heavy atom. The van der Waals surface area contributed by atoms with Gasteiger partial charge in [0.2, 0.25) is 0 Å². The second kappa shape index (κ2) is 18.1. The van der Waals surface area contributed by atoms with Crippen molar-refractivity contribution in [1.82, 2.24) is 9.13 Å². The zero-order valence-electron chi connectivity index (χ0n) is 40.6. The van der Waals surface area contributed by atoms with Crippen LogP contribution >= 0.6 is 0 Å². The van der Waals surface area contributed by atoms with Gasteiger partial charge < -0.3 is 9.13 Å². The van der Waals surface area contributed by atoms with Gasteiger partial charge >= 0.3 is 0 Å². The smallest absolute Gasteiger partial charge is 0.0541 e. The highest BCUT2D eigenvalue weighted by Crippen LogP contribution is 2.41. The predicted octanol–water partition coefficient (Wildman–Crippen LogP) is 19.5. The molecule has 74 heavy (non-hydrogen) atoms. The number of hydrogen-bond acceptors (Lipinski definition) is 0. The second-order valence-electron chi connectivity index (χ2n) is 19.3. The van der Waals surface area contributed by atoms with Crippen LogP contribution in [0.3, 0.4) is 0 Å². The summed E-state index contributed by atoms with van der Waals surface area (Å²) in [6, 6.07) is 106. The molecule has 0 aliphatic rings. The number of hydrogen-bond donors (Lipinski definition) is 0. The molecule has 346 valence electrons. The zero-order valence-corrected chi connectivity index (χ0v) is 40.6. The number of para-hydroxylation sites is 3. The van der Waals surface area contributed by atoms with E-state index in [1.807, 2.05) is 0 Å². The van der Waals surface area contributed by atoms with Crippen LogP contribution in [0.15, 0.2) is 291 Å². The third-order valence-corrected chi connectivity index (χ3v) is 14.9. The maximum absolute atomic E-state index is 2.46. The van der Waals surface area contributed by atoms with E-state index in [0.717, 1.165) is 11.4 Å². The Hall–Kier alpha value is -9.76. The highest BCUT2D eigenvalue weighted by Gasteiger charge is 2.19. The summed E-state index contributed by atoms with van der Waals surface area (Å²) < 4.78 is 4.87. The van der Waals surface area contributed by atoms with Gasteiger partial charge in [-0.2, -0.15) is 0 Å². The van der Waals surface area contributed by atoms with E-state index in [2.05, 4.69) is 300 Å². The summed E-state index contributed by atoms with van der Waals surface area (Å²) in [6.45, 7) is 0. The van der Waals surface area contributed by atoms with Crippen molar-refractivity contribution in [2.45, 2.75) is 0 Å². The van der Waals surface area contributed by atoms with Crippen molar-refractivity contribution >= 4 is 43.6 Å². The predicted molar refractivity (Wildman–Crippen MR) is 313 cm³/mol. The average Bonchev–Trinajstić information content (AvgIpc) is 4.01. The molecule has 2 heteroatoms. The van der Waals surface area contributed by atoms with Gasteiger partial charge in [-0.15, -0.1) is 0 Å². The minimum Gasteiger partial charge on any atom is -0.309 e. The molecule has 14 aromatic rings. The lowest BCUT2D eigenvalue weighted by molar-refractivity contribution is 1.18. The molecule has 0 atom stereocenters. The van der Waals surface area contributed by atoms with Crippen LogP contribution in [0, 0.1) is 0 Å². The topological polar surface area (TPSA) is 9.86 Å². The van der Waals surface area contributed by atoms with Gasteiger partial charge in [-0.3, -0.25) is 0 Å². The molecular weight excluding hydrogens is 893 g/mol. The molecule has 0 radical (unpaired) electrons. The summed E-state index contributed by atoms with van der Waals surface area (Å²) in [6.07, 6.45) is 0. The van der Waals surface area contributed by atoms with E-state index >= 15 is 0 Å². The SMILES string of the molecule is c1ccc(-c2cccc(-c3cccc(-c4ccc(-c5cccc(-c6ccccc6-n6c7ccccc7c7cc(-c8ccc9c(c8)c8ccccc8n9-c8cccc(-c9ccccc9)c8)ccc76)c5)cc4)c3)c2)cc1. The number of aromatic nitrogens is 2. The second-order valence-corrected chi connectivity index (χ2v) is 19.3. The first-order valence-electron chi connectivity index (χ1n) is 25.5. The van der Waals surface area contributed by atoms with Crippen LogP contribution in [0.25, 0.3) is 133 Å². The van der Waals surface area contributed by atoms with E-state index in [1.54, 1.807) is 0 Å². The van der Waals surface area contributed by atoms with Crippen LogP contribution < -0.4 is 0 Å². The first-order valence-corrected chi connectivity index (χ1v) is 25.5. The zero-order chi connectivity index (χ0) is 49.0. The van der Waals surface area contributed by atoms with Crippen LogP contribution in [0.1, 0.15) is 0 Å². The molecule has 0 amide bonds. The molecule has 0 aliphatic carbocycles. The molecule has 0 spiro atoms. The van der Waals surface area contributed by atoms with Crippen LogP contribution in [0.5, 0.6) is 0 Å². The lowest BCUT2D eigenvalue weighted by Gasteiger charge is -2.15. The summed E-state index contributed by atoms with van der Waals surface area (Å²) in [5, 5.41) is 4.95. The average molecular weight is 941 g/mol. The van der Waals surface area contributed by atoms with E-state index < -0.39 is 0 Å². The molecule has 14 rings (SSSR count). The summed E-state index contributed by atoms with van der Waals surface area (Å²) >= 11 is 0. The Bertz CT molecular complexity index is 4400. The molecule has 2 heterocycles. The standard InChI is InChI=1S/C72H48N2/c1-3-17-49(18-4-1)53-21-13-24-56(43-53)57-25-14-22-54(44-57)51-35-37-52(38-36-51)55-23-15-27-61(45-55)63-29-7-10-32-68(63)74-70-34-12-9-31-65(70)67-48-60(40-42-72(67)74)59-39-41-71-66(47-59)64-30-8-11-33-69(64)73(71)62-28-16-26-58(46-62)50-19-5-2-6-20-50/h1-48H. The Labute approximate surface area is 431 Å². The first kappa shape index (κ1) is 43.1. The molecule has 0 fully saturated rings. The van der Waals surface area contributed by atoms with E-state index in [0.29, 0.717) is 0 Å². The largest absolute Gasteiger partial charge is 0.309 e. The van der Waals surface area contributed by atoms with Gasteiger partial charge in [0.15, 0.2) is 0 Å². The fourth-order valence-corrected chi connectivity index (χ4v) is 11.3. The normalized spacial score (nSPS) is 11.5. The number of rotatable bonds is 9. The third kappa shape index (κ3) is 7.60. The molecule has 0 bridgehead atoms. The van der Waals surface area contributed by atoms with E-state index in [1.165, 1.54) is 122 Å². The number of nitrogens with zero attached hydrogens (tertiary/aromatic N) is 2. The Kier molecular flexibility index (Phi) is 10.6. The summed E-state index contributed by atoms with van der Waals surface area (Å²) in [5.74, 6) is 0. The fraction of sp³-hybridized carbons (Fsp3) is 0. The Balaban J connectivity index is 0.796. The lowest BCUT2D eigenvalue weighted by Crippen LogP contribution is -1.97. The van der Waals surface area contributed by atoms with Crippen molar-refractivity contribution < 1.29 is 0 Å². The molecular formula is C72H48N2. The summed E-state index contributed by atoms with van der Waals surface area (Å²) in [4.78, 5) is 0. The van der Waals surface area contributed by atoms with Gasteiger partial charge in [0.1, 0.15) is 0 Å². The Morgan fingerprint density at radius 1 is 0.176 bits per heavy atom. The van der Waals surface area contributed by atoms with Crippen molar-refractivity contribution in [3.05, 3.63) is 291 Å². The highest BCUT2D eigenvalue weighted by molar-refractivity contribution is 6.13. The monoisotopic (exact) mass is 940 g/mol. The maximum Gasteiger partial charge on any atom is 0.0541 e. The van der Waals surface area contributed by atoms with Crippen LogP contribution in [0.2, 0.25) is 0 Å². The van der Waals surface area contributed by atoms with Gasteiger partial charge in [0.05, 0.1) is 27.8 Å². The molecule has 0 saturated carbocycles. The molecule has 0 N–H and O–H groups in total. The minimum atomic E-state index is 1.15. The lowest BCUT2D eigenvalue weighted by atomic mass is 9.94. The van der Waals surface area contributed by atoms with Gasteiger partial charge in [0.25, 0.3) is 0 Å². The van der Waals surface area contributed by atoms with E-state index in [-0.39, 0.29) is 0 Å². The van der Waals surface area contributed by atoms with Crippen molar-refractivity contribution in [3.63, 3.8) is 0 Å². The molecule has 12 aromatic carbocycles. The fourth-order valence-electron chi connectivity index (χ4n) is 11.3. The number of benzene rings is 12. The van der Waals surface area contributed by atoms with Crippen molar-refractivity contribution in [3.8, 4) is 89.3 Å². The van der Waals surface area contributed by atoms with E-state index in [4.69, 9.17) is 0 Å². The first-order chi connectivity index (χ1) is 36.7. The molecule has 2 nitrogen and oxygen atoms in total. The maximum atomic E-state index is 2.46. The van der Waals surface area contributed by atoms with Crippen molar-refractivity contribution in [2.75, 3.05) is 0 Å². The van der Waals surface area contributed by atoms with Crippen LogP contribution in [-0.4, -0.2) is 9.13 Å². The van der Waals surface area contributed by atoms with Crippen molar-refractivity contribution in [1.29, 1.82) is 0 Å². The van der Waals surface area contributed by atoms with Crippen molar-refractivity contribution in [2.24, 2.45) is 0 Å². The van der Waals surface area contributed by atoms with Gasteiger partial charge in [-0.1, -0.05) is 218 Å². The number of fused-ring (bicyclic) bond motifs is 6. The molecule has 0 unspecified atom stereocenters. The minimum absolute atomic E-state index is 1.15. The van der Waals surface area contributed by atoms with Crippen LogP contribution in [-0.2, 0) is 0 Å². The molecule has 0 aliphatic heterocycles. The van der Waals surface area contributed by atoms with Gasteiger partial charge in [-0.25, -0.2) is 0 Å². The molecule has 2 aromatic heterocycles. The van der Waals surface area contributed by atoms with Gasteiger partial charge in [-0.05, 0) is 145 Å². The van der Waals surface area contributed by atoms with Gasteiger partial charge in [0, 0.05) is 32.8 Å². The van der Waals surface area contributed by atoms with E-state index in [9.17, 15) is 0 Å². The summed E-state index contributed by atoms with van der Waals surface area (Å²) in [5.41, 5.74) is 23.9. The highest BCUT2D eigenvalue weighted by atomic mass is 15.0. The molecule has 0 saturated heterocycles. The summed E-state index contributed by atoms with van der Waals surface area (Å²) in [7, 11) is 0. The quantitative estimate of drug-likeness (QED) is 0.136.